The molecule has 1 atom stereocenters. The molecule has 0 aliphatic rings. The van der Waals surface area contributed by atoms with Crippen LogP contribution in [0.3, 0.4) is 0 Å². The van der Waals surface area contributed by atoms with E-state index in [1.807, 2.05) is 0 Å². The predicted molar refractivity (Wildman–Crippen MR) is 84.8 cm³/mol. The average molecular weight is 299 g/mol. The number of hydrogen-bond donors (Lipinski definition) is 2. The van der Waals surface area contributed by atoms with Gasteiger partial charge in [0.15, 0.2) is 0 Å². The molecule has 0 aromatic heterocycles. The van der Waals surface area contributed by atoms with Gasteiger partial charge in [0.1, 0.15) is 0 Å². The summed E-state index contributed by atoms with van der Waals surface area (Å²) in [6, 6.07) is 3.32. The van der Waals surface area contributed by atoms with Gasteiger partial charge in [-0.05, 0) is 31.9 Å². The van der Waals surface area contributed by atoms with E-state index in [1.54, 1.807) is 6.07 Å². The highest BCUT2D eigenvalue weighted by Gasteiger charge is 2.23. The van der Waals surface area contributed by atoms with Crippen molar-refractivity contribution in [3.8, 4) is 0 Å². The second-order valence-electron chi connectivity index (χ2n) is 5.01. The molecule has 1 rings (SSSR count). The molecule has 0 heterocycles. The van der Waals surface area contributed by atoms with Crippen LogP contribution < -0.4 is 10.6 Å². The summed E-state index contributed by atoms with van der Waals surface area (Å²) in [5.41, 5.74) is 6.83. The monoisotopic (exact) mass is 298 g/mol. The van der Waals surface area contributed by atoms with E-state index in [1.165, 1.54) is 6.07 Å². The third kappa shape index (κ3) is 3.79. The summed E-state index contributed by atoms with van der Waals surface area (Å²) in [7, 11) is 0. The first-order valence-electron chi connectivity index (χ1n) is 7.01. The number of hydrogen-bond acceptors (Lipinski definition) is 3. The fourth-order valence-electron chi connectivity index (χ4n) is 2.18. The zero-order valence-corrected chi connectivity index (χ0v) is 13.1. The number of benzene rings is 1. The van der Waals surface area contributed by atoms with Crippen LogP contribution in [0.25, 0.3) is 0 Å². The van der Waals surface area contributed by atoms with E-state index in [4.69, 9.17) is 17.3 Å². The SMILES string of the molecule is CCCCN(c1c(Cl)cc(N)cc1C(=O)O)C(C)CC. The quantitative estimate of drug-likeness (QED) is 0.746. The third-order valence-electron chi connectivity index (χ3n) is 3.48. The molecule has 0 saturated carbocycles. The van der Waals surface area contributed by atoms with E-state index in [0.717, 1.165) is 25.8 Å². The number of halogens is 1. The summed E-state index contributed by atoms with van der Waals surface area (Å²) in [4.78, 5) is 13.6. The minimum absolute atomic E-state index is 0.173. The first-order chi connectivity index (χ1) is 9.42. The van der Waals surface area contributed by atoms with Crippen LogP contribution in [0.15, 0.2) is 12.1 Å². The topological polar surface area (TPSA) is 66.6 Å². The molecule has 0 saturated heterocycles. The van der Waals surface area contributed by atoms with Gasteiger partial charge in [0.2, 0.25) is 0 Å². The van der Waals surface area contributed by atoms with Crippen molar-refractivity contribution >= 4 is 28.9 Å². The van der Waals surface area contributed by atoms with Crippen LogP contribution in [-0.2, 0) is 0 Å². The third-order valence-corrected chi connectivity index (χ3v) is 3.77. The normalized spacial score (nSPS) is 12.2. The minimum Gasteiger partial charge on any atom is -0.478 e. The number of carbonyl (C=O) groups is 1. The molecule has 20 heavy (non-hydrogen) atoms. The molecule has 112 valence electrons. The molecule has 1 aromatic rings. The van der Waals surface area contributed by atoms with Gasteiger partial charge in [-0.1, -0.05) is 31.9 Å². The van der Waals surface area contributed by atoms with Gasteiger partial charge in [-0.2, -0.15) is 0 Å². The molecule has 0 aliphatic carbocycles. The lowest BCUT2D eigenvalue weighted by atomic mass is 10.1. The predicted octanol–water partition coefficient (Wildman–Crippen LogP) is 4.03. The minimum atomic E-state index is -1.00. The van der Waals surface area contributed by atoms with Crippen molar-refractivity contribution < 1.29 is 9.90 Å². The van der Waals surface area contributed by atoms with Gasteiger partial charge in [0, 0.05) is 18.3 Å². The zero-order valence-electron chi connectivity index (χ0n) is 12.3. The highest BCUT2D eigenvalue weighted by atomic mass is 35.5. The molecule has 0 radical (unpaired) electrons. The van der Waals surface area contributed by atoms with Crippen molar-refractivity contribution in [2.45, 2.75) is 46.1 Å². The number of nitrogens with two attached hydrogens (primary N) is 1. The molecular formula is C15H23ClN2O2. The standard InChI is InChI=1S/C15H23ClN2O2/c1-4-6-7-18(10(3)5-2)14-12(15(19)20)8-11(17)9-13(14)16/h8-10H,4-7,17H2,1-3H3,(H,19,20). The Hall–Kier alpha value is -1.42. The lowest BCUT2D eigenvalue weighted by Crippen LogP contribution is -2.35. The molecule has 5 heteroatoms. The molecule has 0 aliphatic heterocycles. The Bertz CT molecular complexity index is 477. The molecule has 0 amide bonds. The van der Waals surface area contributed by atoms with Gasteiger partial charge in [0.05, 0.1) is 16.3 Å². The lowest BCUT2D eigenvalue weighted by molar-refractivity contribution is 0.0697. The molecule has 3 N–H and O–H groups in total. The molecule has 1 unspecified atom stereocenters. The number of unbranched alkanes of at least 4 members (excludes halogenated alkanes) is 1. The number of anilines is 2. The summed E-state index contributed by atoms with van der Waals surface area (Å²) < 4.78 is 0. The average Bonchev–Trinajstić information content (AvgIpc) is 2.39. The van der Waals surface area contributed by atoms with Crippen molar-refractivity contribution in [3.05, 3.63) is 22.7 Å². The van der Waals surface area contributed by atoms with Crippen LogP contribution in [0.5, 0.6) is 0 Å². The van der Waals surface area contributed by atoms with Crippen LogP contribution in [0.4, 0.5) is 11.4 Å². The van der Waals surface area contributed by atoms with Crippen LogP contribution >= 0.6 is 11.6 Å². The first kappa shape index (κ1) is 16.6. The summed E-state index contributed by atoms with van der Waals surface area (Å²) in [5.74, 6) is -1.00. The van der Waals surface area contributed by atoms with Gasteiger partial charge in [0.25, 0.3) is 0 Å². The highest BCUT2D eigenvalue weighted by Crippen LogP contribution is 2.34. The fourth-order valence-corrected chi connectivity index (χ4v) is 2.51. The van der Waals surface area contributed by atoms with Gasteiger partial charge >= 0.3 is 5.97 Å². The smallest absolute Gasteiger partial charge is 0.337 e. The van der Waals surface area contributed by atoms with Gasteiger partial charge in [-0.15, -0.1) is 0 Å². The number of nitrogens with zero attached hydrogens (tertiary/aromatic N) is 1. The van der Waals surface area contributed by atoms with Crippen molar-refractivity contribution in [2.75, 3.05) is 17.2 Å². The van der Waals surface area contributed by atoms with E-state index in [-0.39, 0.29) is 11.6 Å². The second kappa shape index (κ2) is 7.39. The maximum Gasteiger partial charge on any atom is 0.337 e. The maximum absolute atomic E-state index is 11.5. The Morgan fingerprint density at radius 3 is 2.60 bits per heavy atom. The van der Waals surface area contributed by atoms with Crippen molar-refractivity contribution in [1.82, 2.24) is 0 Å². The van der Waals surface area contributed by atoms with Crippen molar-refractivity contribution in [3.63, 3.8) is 0 Å². The molecular weight excluding hydrogens is 276 g/mol. The molecule has 0 fully saturated rings. The molecule has 4 nitrogen and oxygen atoms in total. The summed E-state index contributed by atoms with van der Waals surface area (Å²) in [5, 5.41) is 9.80. The molecule has 0 spiro atoms. The maximum atomic E-state index is 11.5. The van der Waals surface area contributed by atoms with E-state index in [9.17, 15) is 9.90 Å². The van der Waals surface area contributed by atoms with Crippen LogP contribution in [0.2, 0.25) is 5.02 Å². The van der Waals surface area contributed by atoms with Crippen LogP contribution in [0, 0.1) is 0 Å². The number of carboxylic acid groups (broad SMARTS) is 1. The summed E-state index contributed by atoms with van der Waals surface area (Å²) in [6.45, 7) is 7.05. The van der Waals surface area contributed by atoms with E-state index in [0.29, 0.717) is 16.4 Å². The summed E-state index contributed by atoms with van der Waals surface area (Å²) in [6.07, 6.45) is 2.95. The van der Waals surface area contributed by atoms with Gasteiger partial charge in [-0.3, -0.25) is 0 Å². The first-order valence-corrected chi connectivity index (χ1v) is 7.39. The Balaban J connectivity index is 3.33. The lowest BCUT2D eigenvalue weighted by Gasteiger charge is -2.32. The molecule has 0 bridgehead atoms. The van der Waals surface area contributed by atoms with Crippen LogP contribution in [0.1, 0.15) is 50.4 Å². The second-order valence-corrected chi connectivity index (χ2v) is 5.42. The fraction of sp³-hybridized carbons (Fsp3) is 0.533. The van der Waals surface area contributed by atoms with Crippen molar-refractivity contribution in [1.29, 1.82) is 0 Å². The number of nitrogen functional groups attached to an aromatic ring is 1. The summed E-state index contributed by atoms with van der Waals surface area (Å²) >= 11 is 6.27. The number of aromatic carboxylic acids is 1. The highest BCUT2D eigenvalue weighted by molar-refractivity contribution is 6.34. The number of carboxylic acids is 1. The number of rotatable bonds is 7. The van der Waals surface area contributed by atoms with E-state index < -0.39 is 5.97 Å². The zero-order chi connectivity index (χ0) is 15.3. The Morgan fingerprint density at radius 1 is 1.45 bits per heavy atom. The van der Waals surface area contributed by atoms with Gasteiger partial charge in [-0.25, -0.2) is 4.79 Å². The largest absolute Gasteiger partial charge is 0.478 e. The van der Waals surface area contributed by atoms with E-state index in [2.05, 4.69) is 25.7 Å². The molecule has 1 aromatic carbocycles. The van der Waals surface area contributed by atoms with E-state index >= 15 is 0 Å². The Labute approximate surface area is 125 Å². The van der Waals surface area contributed by atoms with Crippen LogP contribution in [-0.4, -0.2) is 23.7 Å². The van der Waals surface area contributed by atoms with Gasteiger partial charge < -0.3 is 15.7 Å². The Morgan fingerprint density at radius 2 is 2.10 bits per heavy atom. The Kier molecular flexibility index (Phi) is 6.14. The van der Waals surface area contributed by atoms with Crippen molar-refractivity contribution in [2.24, 2.45) is 0 Å².